The van der Waals surface area contributed by atoms with E-state index in [1.807, 2.05) is 0 Å². The van der Waals surface area contributed by atoms with Gasteiger partial charge >= 0.3 is 0 Å². The topological polar surface area (TPSA) is 3.24 Å². The van der Waals surface area contributed by atoms with E-state index < -0.39 is 11.6 Å². The molecule has 1 aliphatic carbocycles. The van der Waals surface area contributed by atoms with Crippen LogP contribution in [0.5, 0.6) is 0 Å². The summed E-state index contributed by atoms with van der Waals surface area (Å²) < 4.78 is 26.0. The van der Waals surface area contributed by atoms with Gasteiger partial charge in [-0.3, -0.25) is 4.90 Å². The first-order chi connectivity index (χ1) is 8.70. The molecule has 18 heavy (non-hydrogen) atoms. The van der Waals surface area contributed by atoms with E-state index in [0.717, 1.165) is 18.5 Å². The molecule has 0 spiro atoms. The smallest absolute Gasteiger partial charge is 0.159 e. The molecule has 100 valence electrons. The molecule has 0 N–H and O–H groups in total. The van der Waals surface area contributed by atoms with Crippen molar-refractivity contribution in [1.82, 2.24) is 4.90 Å². The van der Waals surface area contributed by atoms with Gasteiger partial charge in [0.1, 0.15) is 0 Å². The van der Waals surface area contributed by atoms with E-state index >= 15 is 0 Å². The third kappa shape index (κ3) is 3.42. The minimum absolute atomic E-state index is 0.585. The van der Waals surface area contributed by atoms with Crippen molar-refractivity contribution in [2.24, 2.45) is 0 Å². The Morgan fingerprint density at radius 1 is 1.22 bits per heavy atom. The normalized spacial score (nSPS) is 16.0. The van der Waals surface area contributed by atoms with Crippen molar-refractivity contribution >= 4 is 11.6 Å². The largest absolute Gasteiger partial charge is 0.296 e. The van der Waals surface area contributed by atoms with Crippen LogP contribution in [0.1, 0.15) is 31.2 Å². The maximum absolute atomic E-state index is 13.2. The van der Waals surface area contributed by atoms with Crippen LogP contribution in [0, 0.1) is 11.6 Å². The molecule has 0 aliphatic heterocycles. The van der Waals surface area contributed by atoms with Crippen LogP contribution in [0.3, 0.4) is 0 Å². The lowest BCUT2D eigenvalue weighted by molar-refractivity contribution is 0.119. The van der Waals surface area contributed by atoms with Crippen LogP contribution in [-0.2, 0) is 6.54 Å². The quantitative estimate of drug-likeness (QED) is 0.710. The molecule has 1 aliphatic rings. The van der Waals surface area contributed by atoms with E-state index in [9.17, 15) is 8.78 Å². The number of halogens is 3. The monoisotopic (exact) mass is 273 g/mol. The number of hydrogen-bond donors (Lipinski definition) is 0. The van der Waals surface area contributed by atoms with Gasteiger partial charge in [0, 0.05) is 18.5 Å². The fraction of sp³-hybridized carbons (Fsp3) is 0.571. The van der Waals surface area contributed by atoms with Crippen LogP contribution < -0.4 is 0 Å². The molecule has 0 amide bonds. The van der Waals surface area contributed by atoms with Crippen LogP contribution in [0.2, 0.25) is 0 Å². The van der Waals surface area contributed by atoms with Crippen molar-refractivity contribution < 1.29 is 8.78 Å². The Labute approximate surface area is 112 Å². The van der Waals surface area contributed by atoms with Crippen molar-refractivity contribution in [2.45, 2.75) is 38.3 Å². The molecule has 1 saturated carbocycles. The molecule has 1 aromatic carbocycles. The SMILES string of the molecule is Fc1ccc(CN(CCCCl)C2CCC2)cc1F. The Morgan fingerprint density at radius 3 is 2.56 bits per heavy atom. The van der Waals surface area contributed by atoms with Crippen LogP contribution in [0.25, 0.3) is 0 Å². The number of nitrogens with zero attached hydrogens (tertiary/aromatic N) is 1. The maximum Gasteiger partial charge on any atom is 0.159 e. The molecule has 2 rings (SSSR count). The lowest BCUT2D eigenvalue weighted by atomic mass is 9.91. The molecule has 0 atom stereocenters. The number of benzene rings is 1. The van der Waals surface area contributed by atoms with E-state index in [1.165, 1.54) is 31.4 Å². The summed E-state index contributed by atoms with van der Waals surface area (Å²) in [5.74, 6) is -0.908. The summed E-state index contributed by atoms with van der Waals surface area (Å²) in [6, 6.07) is 4.74. The first kappa shape index (κ1) is 13.8. The highest BCUT2D eigenvalue weighted by Gasteiger charge is 2.24. The summed E-state index contributed by atoms with van der Waals surface area (Å²) in [5.41, 5.74) is 0.829. The molecule has 0 saturated heterocycles. The summed E-state index contributed by atoms with van der Waals surface area (Å²) in [4.78, 5) is 2.33. The molecule has 1 aromatic rings. The van der Waals surface area contributed by atoms with E-state index in [4.69, 9.17) is 11.6 Å². The molecule has 1 nitrogen and oxygen atoms in total. The van der Waals surface area contributed by atoms with Gasteiger partial charge in [-0.1, -0.05) is 12.5 Å². The Hall–Kier alpha value is -0.670. The van der Waals surface area contributed by atoms with Crippen LogP contribution in [-0.4, -0.2) is 23.4 Å². The minimum Gasteiger partial charge on any atom is -0.296 e. The molecule has 0 aromatic heterocycles. The fourth-order valence-electron chi connectivity index (χ4n) is 2.28. The Kier molecular flexibility index (Phi) is 4.95. The average molecular weight is 274 g/mol. The highest BCUT2D eigenvalue weighted by Crippen LogP contribution is 2.26. The second-order valence-corrected chi connectivity index (χ2v) is 5.22. The van der Waals surface area contributed by atoms with Crippen molar-refractivity contribution in [3.63, 3.8) is 0 Å². The van der Waals surface area contributed by atoms with Gasteiger partial charge in [-0.05, 0) is 43.5 Å². The molecule has 0 unspecified atom stereocenters. The first-order valence-electron chi connectivity index (χ1n) is 6.44. The van der Waals surface area contributed by atoms with Crippen LogP contribution in [0.4, 0.5) is 8.78 Å². The van der Waals surface area contributed by atoms with E-state index in [-0.39, 0.29) is 0 Å². The molecule has 0 radical (unpaired) electrons. The highest BCUT2D eigenvalue weighted by atomic mass is 35.5. The van der Waals surface area contributed by atoms with Gasteiger partial charge in [0.05, 0.1) is 0 Å². The predicted molar refractivity (Wildman–Crippen MR) is 69.7 cm³/mol. The third-order valence-electron chi connectivity index (χ3n) is 3.54. The van der Waals surface area contributed by atoms with Gasteiger partial charge in [0.15, 0.2) is 11.6 Å². The Balaban J connectivity index is 1.99. The van der Waals surface area contributed by atoms with E-state index in [2.05, 4.69) is 4.90 Å². The lowest BCUT2D eigenvalue weighted by Crippen LogP contribution is -2.40. The van der Waals surface area contributed by atoms with Gasteiger partial charge < -0.3 is 0 Å². The van der Waals surface area contributed by atoms with Gasteiger partial charge in [-0.15, -0.1) is 11.6 Å². The molecular weight excluding hydrogens is 256 g/mol. The van der Waals surface area contributed by atoms with Crippen molar-refractivity contribution in [2.75, 3.05) is 12.4 Å². The van der Waals surface area contributed by atoms with Gasteiger partial charge in [0.25, 0.3) is 0 Å². The molecule has 0 heterocycles. The van der Waals surface area contributed by atoms with Crippen molar-refractivity contribution in [3.05, 3.63) is 35.4 Å². The van der Waals surface area contributed by atoms with E-state index in [0.29, 0.717) is 18.5 Å². The summed E-state index contributed by atoms with van der Waals surface area (Å²) >= 11 is 5.72. The second kappa shape index (κ2) is 6.48. The van der Waals surface area contributed by atoms with Crippen LogP contribution >= 0.6 is 11.6 Å². The maximum atomic E-state index is 13.2. The summed E-state index contributed by atoms with van der Waals surface area (Å²) in [5, 5.41) is 0. The molecular formula is C14H18ClF2N. The standard InChI is InChI=1S/C14H18ClF2N/c15-7-2-8-18(12-3-1-4-12)10-11-5-6-13(16)14(17)9-11/h5-6,9,12H,1-4,7-8,10H2. The first-order valence-corrected chi connectivity index (χ1v) is 6.98. The zero-order chi connectivity index (χ0) is 13.0. The van der Waals surface area contributed by atoms with Gasteiger partial charge in [-0.25, -0.2) is 8.78 Å². The van der Waals surface area contributed by atoms with E-state index in [1.54, 1.807) is 6.07 Å². The average Bonchev–Trinajstić information content (AvgIpc) is 2.28. The third-order valence-corrected chi connectivity index (χ3v) is 3.81. The Bertz CT molecular complexity index is 393. The summed E-state index contributed by atoms with van der Waals surface area (Å²) in [6.45, 7) is 1.60. The van der Waals surface area contributed by atoms with Gasteiger partial charge in [-0.2, -0.15) is 0 Å². The van der Waals surface area contributed by atoms with Crippen molar-refractivity contribution in [3.8, 4) is 0 Å². The Morgan fingerprint density at radius 2 is 2.00 bits per heavy atom. The number of alkyl halides is 1. The molecule has 4 heteroatoms. The minimum atomic E-state index is -0.783. The van der Waals surface area contributed by atoms with Crippen LogP contribution in [0.15, 0.2) is 18.2 Å². The number of hydrogen-bond acceptors (Lipinski definition) is 1. The highest BCUT2D eigenvalue weighted by molar-refractivity contribution is 6.17. The predicted octanol–water partition coefficient (Wildman–Crippen LogP) is 3.95. The van der Waals surface area contributed by atoms with Gasteiger partial charge in [0.2, 0.25) is 0 Å². The second-order valence-electron chi connectivity index (χ2n) is 4.85. The number of rotatable bonds is 6. The fourth-order valence-corrected chi connectivity index (χ4v) is 2.40. The molecule has 1 fully saturated rings. The molecule has 0 bridgehead atoms. The zero-order valence-corrected chi connectivity index (χ0v) is 11.1. The summed E-state index contributed by atoms with van der Waals surface area (Å²) in [7, 11) is 0. The summed E-state index contributed by atoms with van der Waals surface area (Å²) in [6.07, 6.45) is 4.60. The lowest BCUT2D eigenvalue weighted by Gasteiger charge is -2.37. The zero-order valence-electron chi connectivity index (χ0n) is 10.3. The van der Waals surface area contributed by atoms with Crippen molar-refractivity contribution in [1.29, 1.82) is 0 Å².